The summed E-state index contributed by atoms with van der Waals surface area (Å²) in [5, 5.41) is 16.0. The lowest BCUT2D eigenvalue weighted by Gasteiger charge is -2.35. The summed E-state index contributed by atoms with van der Waals surface area (Å²) in [5.41, 5.74) is 0.877. The fraction of sp³-hybridized carbons (Fsp3) is 0.556. The van der Waals surface area contributed by atoms with Crippen molar-refractivity contribution in [1.82, 2.24) is 29.3 Å². The molecule has 0 radical (unpaired) electrons. The molecule has 8 heteroatoms. The van der Waals surface area contributed by atoms with Crippen LogP contribution in [0.3, 0.4) is 0 Å². The molecule has 3 aromatic rings. The Kier molecular flexibility index (Phi) is 4.36. The number of aliphatic hydroxyl groups is 1. The van der Waals surface area contributed by atoms with E-state index >= 15 is 0 Å². The van der Waals surface area contributed by atoms with Crippen LogP contribution in [0.25, 0.3) is 11.0 Å². The number of aromatic nitrogens is 6. The molecule has 1 N–H and O–H groups in total. The quantitative estimate of drug-likeness (QED) is 0.765. The molecule has 1 aliphatic rings. The third-order valence-corrected chi connectivity index (χ3v) is 5.34. The number of piperidine rings is 1. The van der Waals surface area contributed by atoms with Crippen molar-refractivity contribution in [3.63, 3.8) is 0 Å². The highest BCUT2D eigenvalue weighted by Crippen LogP contribution is 2.33. The Morgan fingerprint density at radius 1 is 1.23 bits per heavy atom. The topological polar surface area (TPSA) is 84.9 Å². The maximum atomic E-state index is 10.7. The highest BCUT2D eigenvalue weighted by Gasteiger charge is 2.30. The molecular weight excluding hydrogens is 330 g/mol. The standard InChI is InChI=1S/C18H25N7O/c1-4-14-21-16-13(11-20-24(16)3)17(22-14)25-8-5-12(6-9-25)15(26)18-19-7-10-23(18)2/h7,10-12,15,26H,4-6,8-9H2,1-3H3/t15-/m0/s1. The van der Waals surface area contributed by atoms with E-state index in [1.165, 1.54) is 0 Å². The molecule has 0 saturated carbocycles. The number of hydrogen-bond donors (Lipinski definition) is 1. The van der Waals surface area contributed by atoms with Crippen molar-refractivity contribution in [1.29, 1.82) is 0 Å². The van der Waals surface area contributed by atoms with Gasteiger partial charge in [0.25, 0.3) is 0 Å². The number of aliphatic hydroxyl groups excluding tert-OH is 1. The highest BCUT2D eigenvalue weighted by molar-refractivity contribution is 5.87. The Morgan fingerprint density at radius 2 is 2.00 bits per heavy atom. The molecule has 0 amide bonds. The second kappa shape index (κ2) is 6.68. The van der Waals surface area contributed by atoms with Crippen LogP contribution in [0.15, 0.2) is 18.6 Å². The molecule has 8 nitrogen and oxygen atoms in total. The lowest BCUT2D eigenvalue weighted by atomic mass is 9.90. The number of anilines is 1. The number of fused-ring (bicyclic) bond motifs is 1. The van der Waals surface area contributed by atoms with Gasteiger partial charge in [-0.1, -0.05) is 6.92 Å². The third kappa shape index (κ3) is 2.84. The number of hydrogen-bond acceptors (Lipinski definition) is 6. The predicted octanol–water partition coefficient (Wildman–Crippen LogP) is 1.61. The molecule has 26 heavy (non-hydrogen) atoms. The van der Waals surface area contributed by atoms with Crippen LogP contribution < -0.4 is 4.90 Å². The molecule has 0 bridgehead atoms. The first-order valence-corrected chi connectivity index (χ1v) is 9.17. The summed E-state index contributed by atoms with van der Waals surface area (Å²) in [7, 11) is 3.83. The smallest absolute Gasteiger partial charge is 0.163 e. The summed E-state index contributed by atoms with van der Waals surface area (Å²) in [5.74, 6) is 2.76. The summed E-state index contributed by atoms with van der Waals surface area (Å²) < 4.78 is 3.70. The van der Waals surface area contributed by atoms with Gasteiger partial charge < -0.3 is 14.6 Å². The monoisotopic (exact) mass is 355 g/mol. The van der Waals surface area contributed by atoms with E-state index in [-0.39, 0.29) is 5.92 Å². The molecule has 1 saturated heterocycles. The summed E-state index contributed by atoms with van der Waals surface area (Å²) in [6, 6.07) is 0. The van der Waals surface area contributed by atoms with Gasteiger partial charge in [0.1, 0.15) is 23.6 Å². The maximum absolute atomic E-state index is 10.7. The first-order chi connectivity index (χ1) is 12.6. The minimum absolute atomic E-state index is 0.212. The molecule has 1 fully saturated rings. The van der Waals surface area contributed by atoms with Gasteiger partial charge in [0, 0.05) is 46.0 Å². The summed E-state index contributed by atoms with van der Waals surface area (Å²) in [4.78, 5) is 16.0. The average molecular weight is 355 g/mol. The number of nitrogens with zero attached hydrogens (tertiary/aromatic N) is 7. The van der Waals surface area contributed by atoms with Gasteiger partial charge in [0.15, 0.2) is 5.65 Å². The van der Waals surface area contributed by atoms with E-state index in [0.717, 1.165) is 60.9 Å². The Labute approximate surface area is 152 Å². The third-order valence-electron chi connectivity index (χ3n) is 5.34. The largest absolute Gasteiger partial charge is 0.385 e. The highest BCUT2D eigenvalue weighted by atomic mass is 16.3. The van der Waals surface area contributed by atoms with Crippen molar-refractivity contribution in [3.8, 4) is 0 Å². The lowest BCUT2D eigenvalue weighted by molar-refractivity contribution is 0.0824. The average Bonchev–Trinajstić information content (AvgIpc) is 3.26. The SMILES string of the molecule is CCc1nc(N2CCC([C@H](O)c3nccn3C)CC2)c2cnn(C)c2n1. The van der Waals surface area contributed by atoms with Crippen LogP contribution in [0, 0.1) is 5.92 Å². The van der Waals surface area contributed by atoms with E-state index in [0.29, 0.717) is 0 Å². The Morgan fingerprint density at radius 3 is 2.65 bits per heavy atom. The van der Waals surface area contributed by atoms with Crippen molar-refractivity contribution in [2.75, 3.05) is 18.0 Å². The van der Waals surface area contributed by atoms with Gasteiger partial charge in [-0.15, -0.1) is 0 Å². The van der Waals surface area contributed by atoms with Crippen LogP contribution in [0.4, 0.5) is 5.82 Å². The molecule has 0 unspecified atom stereocenters. The Balaban J connectivity index is 1.55. The molecule has 4 rings (SSSR count). The van der Waals surface area contributed by atoms with Gasteiger partial charge in [-0.2, -0.15) is 5.10 Å². The summed E-state index contributed by atoms with van der Waals surface area (Å²) in [6.45, 7) is 3.78. The molecule has 0 aliphatic carbocycles. The lowest BCUT2D eigenvalue weighted by Crippen LogP contribution is -2.36. The Bertz CT molecular complexity index is 908. The van der Waals surface area contributed by atoms with Gasteiger partial charge >= 0.3 is 0 Å². The van der Waals surface area contributed by atoms with Crippen molar-refractivity contribution < 1.29 is 5.11 Å². The van der Waals surface area contributed by atoms with E-state index in [2.05, 4.69) is 26.9 Å². The number of aryl methyl sites for hydroxylation is 3. The van der Waals surface area contributed by atoms with Crippen LogP contribution in [0.2, 0.25) is 0 Å². The molecule has 0 aromatic carbocycles. The van der Waals surface area contributed by atoms with Crippen molar-refractivity contribution >= 4 is 16.9 Å². The van der Waals surface area contributed by atoms with Gasteiger partial charge in [-0.05, 0) is 18.8 Å². The molecule has 4 heterocycles. The van der Waals surface area contributed by atoms with Crippen LogP contribution in [-0.4, -0.2) is 47.5 Å². The summed E-state index contributed by atoms with van der Waals surface area (Å²) in [6.07, 6.45) is 7.54. The van der Waals surface area contributed by atoms with Crippen LogP contribution >= 0.6 is 0 Å². The van der Waals surface area contributed by atoms with E-state index in [1.807, 2.05) is 31.1 Å². The van der Waals surface area contributed by atoms with E-state index < -0.39 is 6.10 Å². The zero-order valence-corrected chi connectivity index (χ0v) is 15.5. The van der Waals surface area contributed by atoms with Crippen molar-refractivity contribution in [3.05, 3.63) is 30.2 Å². The van der Waals surface area contributed by atoms with E-state index in [1.54, 1.807) is 10.9 Å². The van der Waals surface area contributed by atoms with Gasteiger partial charge in [0.2, 0.25) is 0 Å². The first-order valence-electron chi connectivity index (χ1n) is 9.17. The molecule has 3 aromatic heterocycles. The maximum Gasteiger partial charge on any atom is 0.163 e. The second-order valence-electron chi connectivity index (χ2n) is 6.99. The van der Waals surface area contributed by atoms with Gasteiger partial charge in [-0.25, -0.2) is 15.0 Å². The van der Waals surface area contributed by atoms with Crippen LogP contribution in [0.1, 0.15) is 37.5 Å². The van der Waals surface area contributed by atoms with Gasteiger partial charge in [-0.3, -0.25) is 4.68 Å². The van der Waals surface area contributed by atoms with Gasteiger partial charge in [0.05, 0.1) is 11.6 Å². The molecule has 1 aliphatic heterocycles. The minimum atomic E-state index is -0.521. The second-order valence-corrected chi connectivity index (χ2v) is 6.99. The zero-order valence-electron chi connectivity index (χ0n) is 15.5. The number of imidazole rings is 1. The van der Waals surface area contributed by atoms with Crippen molar-refractivity contribution in [2.24, 2.45) is 20.0 Å². The minimum Gasteiger partial charge on any atom is -0.385 e. The molecule has 0 spiro atoms. The normalized spacial score (nSPS) is 17.2. The summed E-state index contributed by atoms with van der Waals surface area (Å²) >= 11 is 0. The van der Waals surface area contributed by atoms with E-state index in [4.69, 9.17) is 4.98 Å². The van der Waals surface area contributed by atoms with Crippen LogP contribution in [0.5, 0.6) is 0 Å². The van der Waals surface area contributed by atoms with E-state index in [9.17, 15) is 5.11 Å². The Hall–Kier alpha value is -2.48. The molecular formula is C18H25N7O. The predicted molar refractivity (Wildman–Crippen MR) is 98.8 cm³/mol. The zero-order chi connectivity index (χ0) is 18.3. The molecule has 138 valence electrons. The van der Waals surface area contributed by atoms with Crippen molar-refractivity contribution in [2.45, 2.75) is 32.3 Å². The molecule has 1 atom stereocenters. The van der Waals surface area contributed by atoms with Crippen LogP contribution in [-0.2, 0) is 20.5 Å². The number of rotatable bonds is 4. The fourth-order valence-corrected chi connectivity index (χ4v) is 3.75. The fourth-order valence-electron chi connectivity index (χ4n) is 3.75. The first kappa shape index (κ1) is 17.0.